The van der Waals surface area contributed by atoms with E-state index >= 15 is 0 Å². The molecular weight excluding hydrogens is 242 g/mol. The van der Waals surface area contributed by atoms with Gasteiger partial charge in [-0.05, 0) is 31.7 Å². The summed E-state index contributed by atoms with van der Waals surface area (Å²) >= 11 is 0. The SMILES string of the molecule is CNC(c1cccc(C)c1)c1ccc(C(=O)OC)o1. The number of nitrogens with one attached hydrogen (secondary N) is 1. The summed E-state index contributed by atoms with van der Waals surface area (Å²) in [4.78, 5) is 11.4. The molecule has 1 aromatic carbocycles. The highest BCUT2D eigenvalue weighted by atomic mass is 16.5. The predicted molar refractivity (Wildman–Crippen MR) is 72.1 cm³/mol. The van der Waals surface area contributed by atoms with E-state index in [1.807, 2.05) is 32.2 Å². The minimum atomic E-state index is -0.467. The second-order valence-electron chi connectivity index (χ2n) is 4.33. The number of benzene rings is 1. The van der Waals surface area contributed by atoms with Gasteiger partial charge < -0.3 is 14.5 Å². The van der Waals surface area contributed by atoms with Crippen molar-refractivity contribution in [1.29, 1.82) is 0 Å². The monoisotopic (exact) mass is 259 g/mol. The van der Waals surface area contributed by atoms with E-state index in [0.29, 0.717) is 5.76 Å². The summed E-state index contributed by atoms with van der Waals surface area (Å²) < 4.78 is 10.2. The zero-order chi connectivity index (χ0) is 13.8. The van der Waals surface area contributed by atoms with E-state index in [9.17, 15) is 4.79 Å². The van der Waals surface area contributed by atoms with Gasteiger partial charge in [0.2, 0.25) is 5.76 Å². The molecule has 4 nitrogen and oxygen atoms in total. The van der Waals surface area contributed by atoms with Crippen LogP contribution in [0.15, 0.2) is 40.8 Å². The van der Waals surface area contributed by atoms with Gasteiger partial charge in [-0.1, -0.05) is 29.8 Å². The average Bonchev–Trinajstić information content (AvgIpc) is 2.88. The van der Waals surface area contributed by atoms with Crippen molar-refractivity contribution in [3.05, 3.63) is 59.0 Å². The van der Waals surface area contributed by atoms with Crippen LogP contribution in [0.1, 0.15) is 33.5 Å². The summed E-state index contributed by atoms with van der Waals surface area (Å²) in [6.07, 6.45) is 0. The summed E-state index contributed by atoms with van der Waals surface area (Å²) in [7, 11) is 3.19. The molecule has 0 saturated heterocycles. The molecule has 1 atom stereocenters. The van der Waals surface area contributed by atoms with Crippen LogP contribution in [0, 0.1) is 6.92 Å². The lowest BCUT2D eigenvalue weighted by Gasteiger charge is -2.14. The molecule has 0 aliphatic heterocycles. The number of hydrogen-bond donors (Lipinski definition) is 1. The molecule has 2 aromatic rings. The average molecular weight is 259 g/mol. The van der Waals surface area contributed by atoms with E-state index in [0.717, 1.165) is 5.56 Å². The van der Waals surface area contributed by atoms with Crippen molar-refractivity contribution in [3.8, 4) is 0 Å². The minimum Gasteiger partial charge on any atom is -0.463 e. The van der Waals surface area contributed by atoms with E-state index in [2.05, 4.69) is 16.1 Å². The van der Waals surface area contributed by atoms with E-state index < -0.39 is 5.97 Å². The van der Waals surface area contributed by atoms with Crippen molar-refractivity contribution in [1.82, 2.24) is 5.32 Å². The van der Waals surface area contributed by atoms with Gasteiger partial charge in [0.25, 0.3) is 0 Å². The first-order chi connectivity index (χ1) is 9.15. The Kier molecular flexibility index (Phi) is 4.02. The number of rotatable bonds is 4. The first-order valence-corrected chi connectivity index (χ1v) is 6.07. The Balaban J connectivity index is 2.32. The van der Waals surface area contributed by atoms with E-state index in [4.69, 9.17) is 4.42 Å². The van der Waals surface area contributed by atoms with Crippen LogP contribution >= 0.6 is 0 Å². The third-order valence-corrected chi connectivity index (χ3v) is 2.96. The molecule has 0 radical (unpaired) electrons. The van der Waals surface area contributed by atoms with E-state index in [-0.39, 0.29) is 11.8 Å². The fraction of sp³-hybridized carbons (Fsp3) is 0.267. The molecule has 0 saturated carbocycles. The number of hydrogen-bond acceptors (Lipinski definition) is 4. The third kappa shape index (κ3) is 2.85. The lowest BCUT2D eigenvalue weighted by Crippen LogP contribution is -2.17. The zero-order valence-corrected chi connectivity index (χ0v) is 11.3. The minimum absolute atomic E-state index is 0.0849. The normalized spacial score (nSPS) is 12.2. The maximum absolute atomic E-state index is 11.4. The van der Waals surface area contributed by atoms with Crippen LogP contribution in [0.5, 0.6) is 0 Å². The largest absolute Gasteiger partial charge is 0.463 e. The van der Waals surface area contributed by atoms with Crippen molar-refractivity contribution in [2.45, 2.75) is 13.0 Å². The molecule has 0 amide bonds. The molecule has 19 heavy (non-hydrogen) atoms. The highest BCUT2D eigenvalue weighted by Crippen LogP contribution is 2.24. The molecule has 1 N–H and O–H groups in total. The molecule has 0 aliphatic carbocycles. The van der Waals surface area contributed by atoms with Crippen LogP contribution in [0.2, 0.25) is 0 Å². The highest BCUT2D eigenvalue weighted by molar-refractivity contribution is 5.86. The summed E-state index contributed by atoms with van der Waals surface area (Å²) in [6.45, 7) is 2.04. The molecule has 1 heterocycles. The van der Waals surface area contributed by atoms with Gasteiger partial charge >= 0.3 is 5.97 Å². The van der Waals surface area contributed by atoms with Crippen molar-refractivity contribution < 1.29 is 13.9 Å². The van der Waals surface area contributed by atoms with Crippen LogP contribution in [0.25, 0.3) is 0 Å². The number of ether oxygens (including phenoxy) is 1. The van der Waals surface area contributed by atoms with Crippen molar-refractivity contribution in [2.75, 3.05) is 14.2 Å². The second kappa shape index (κ2) is 5.71. The molecule has 0 aliphatic rings. The van der Waals surface area contributed by atoms with Crippen molar-refractivity contribution >= 4 is 5.97 Å². The molecule has 0 spiro atoms. The number of methoxy groups -OCH3 is 1. The molecule has 0 bridgehead atoms. The van der Waals surface area contributed by atoms with Gasteiger partial charge in [-0.2, -0.15) is 0 Å². The number of carbonyl (C=O) groups excluding carboxylic acids is 1. The molecule has 0 fully saturated rings. The Morgan fingerprint density at radius 1 is 1.32 bits per heavy atom. The smallest absolute Gasteiger partial charge is 0.373 e. The van der Waals surface area contributed by atoms with Crippen molar-refractivity contribution in [3.63, 3.8) is 0 Å². The molecule has 2 rings (SSSR count). The van der Waals surface area contributed by atoms with Crippen LogP contribution in [-0.2, 0) is 4.74 Å². The third-order valence-electron chi connectivity index (χ3n) is 2.96. The summed E-state index contributed by atoms with van der Waals surface area (Å²) in [5.41, 5.74) is 2.27. The Morgan fingerprint density at radius 3 is 2.74 bits per heavy atom. The Hall–Kier alpha value is -2.07. The van der Waals surface area contributed by atoms with Crippen molar-refractivity contribution in [2.24, 2.45) is 0 Å². The quantitative estimate of drug-likeness (QED) is 0.858. The summed E-state index contributed by atoms with van der Waals surface area (Å²) in [5, 5.41) is 3.19. The summed E-state index contributed by atoms with van der Waals surface area (Å²) in [5.74, 6) is 0.434. The molecule has 1 unspecified atom stereocenters. The Bertz CT molecular complexity index is 574. The Labute approximate surface area is 112 Å². The number of carbonyl (C=O) groups is 1. The fourth-order valence-corrected chi connectivity index (χ4v) is 2.04. The molecular formula is C15H17NO3. The first-order valence-electron chi connectivity index (χ1n) is 6.07. The number of aryl methyl sites for hydroxylation is 1. The summed E-state index contributed by atoms with van der Waals surface area (Å²) in [6, 6.07) is 11.5. The molecule has 1 aromatic heterocycles. The van der Waals surface area contributed by atoms with Crippen LogP contribution in [0.4, 0.5) is 0 Å². The lowest BCUT2D eigenvalue weighted by atomic mass is 10.0. The van der Waals surface area contributed by atoms with Gasteiger partial charge in [0, 0.05) is 0 Å². The van der Waals surface area contributed by atoms with Gasteiger partial charge in [0.05, 0.1) is 13.2 Å². The van der Waals surface area contributed by atoms with Gasteiger partial charge in [0.15, 0.2) is 0 Å². The van der Waals surface area contributed by atoms with Gasteiger partial charge in [-0.25, -0.2) is 4.79 Å². The first kappa shape index (κ1) is 13.4. The maximum atomic E-state index is 11.4. The maximum Gasteiger partial charge on any atom is 0.373 e. The lowest BCUT2D eigenvalue weighted by molar-refractivity contribution is 0.0562. The van der Waals surface area contributed by atoms with E-state index in [1.54, 1.807) is 12.1 Å². The highest BCUT2D eigenvalue weighted by Gasteiger charge is 2.18. The molecule has 4 heteroatoms. The van der Waals surface area contributed by atoms with Gasteiger partial charge in [-0.15, -0.1) is 0 Å². The van der Waals surface area contributed by atoms with Gasteiger partial charge in [0.1, 0.15) is 5.76 Å². The Morgan fingerprint density at radius 2 is 2.11 bits per heavy atom. The van der Waals surface area contributed by atoms with Crippen LogP contribution < -0.4 is 5.32 Å². The predicted octanol–water partition coefficient (Wildman–Crippen LogP) is 2.68. The second-order valence-corrected chi connectivity index (χ2v) is 4.33. The standard InChI is InChI=1S/C15H17NO3/c1-10-5-4-6-11(9-10)14(16-2)12-7-8-13(19-12)15(17)18-3/h4-9,14,16H,1-3H3. The fourth-order valence-electron chi connectivity index (χ4n) is 2.04. The van der Waals surface area contributed by atoms with Crippen LogP contribution in [-0.4, -0.2) is 20.1 Å². The number of esters is 1. The van der Waals surface area contributed by atoms with E-state index in [1.165, 1.54) is 12.7 Å². The zero-order valence-electron chi connectivity index (χ0n) is 11.3. The van der Waals surface area contributed by atoms with Gasteiger partial charge in [-0.3, -0.25) is 0 Å². The molecule has 100 valence electrons. The number of furan rings is 1. The van der Waals surface area contributed by atoms with Crippen LogP contribution in [0.3, 0.4) is 0 Å². The topological polar surface area (TPSA) is 51.5 Å².